The van der Waals surface area contributed by atoms with Crippen molar-refractivity contribution in [3.8, 4) is 17.2 Å². The summed E-state index contributed by atoms with van der Waals surface area (Å²) in [5, 5.41) is 4.00. The maximum atomic E-state index is 12.2. The number of nitrogens with one attached hydrogen (secondary N) is 1. The summed E-state index contributed by atoms with van der Waals surface area (Å²) in [4.78, 5) is 12.2. The highest BCUT2D eigenvalue weighted by Gasteiger charge is 2.10. The standard InChI is InChI=1S/C20H24N2O4/c1-4-11-26-17-8-6-7-15(12-17)14-21-22-20(23)16-9-10-18(25-5-2)19(13-16)24-3/h6-10,12-14H,4-5,11H2,1-3H3,(H,22,23)/b21-14+. The highest BCUT2D eigenvalue weighted by Crippen LogP contribution is 2.27. The summed E-state index contributed by atoms with van der Waals surface area (Å²) < 4.78 is 16.3. The number of methoxy groups -OCH3 is 1. The van der Waals surface area contributed by atoms with Gasteiger partial charge in [0.25, 0.3) is 5.91 Å². The van der Waals surface area contributed by atoms with E-state index in [2.05, 4.69) is 17.5 Å². The van der Waals surface area contributed by atoms with Crippen molar-refractivity contribution in [2.45, 2.75) is 20.3 Å². The fourth-order valence-corrected chi connectivity index (χ4v) is 2.22. The molecule has 6 nitrogen and oxygen atoms in total. The lowest BCUT2D eigenvalue weighted by molar-refractivity contribution is 0.0954. The number of carbonyl (C=O) groups is 1. The van der Waals surface area contributed by atoms with Crippen LogP contribution in [-0.4, -0.2) is 32.4 Å². The van der Waals surface area contributed by atoms with Gasteiger partial charge in [0.2, 0.25) is 0 Å². The Morgan fingerprint density at radius 2 is 1.96 bits per heavy atom. The quantitative estimate of drug-likeness (QED) is 0.550. The van der Waals surface area contributed by atoms with Crippen molar-refractivity contribution >= 4 is 12.1 Å². The van der Waals surface area contributed by atoms with Gasteiger partial charge in [0, 0.05) is 5.56 Å². The van der Waals surface area contributed by atoms with Crippen LogP contribution in [0.15, 0.2) is 47.6 Å². The average molecular weight is 356 g/mol. The lowest BCUT2D eigenvalue weighted by atomic mass is 10.2. The van der Waals surface area contributed by atoms with Gasteiger partial charge in [0.1, 0.15) is 5.75 Å². The van der Waals surface area contributed by atoms with Crippen LogP contribution in [0.3, 0.4) is 0 Å². The third kappa shape index (κ3) is 5.51. The van der Waals surface area contributed by atoms with Crippen LogP contribution < -0.4 is 19.6 Å². The molecule has 0 saturated heterocycles. The van der Waals surface area contributed by atoms with Crippen LogP contribution in [0.2, 0.25) is 0 Å². The minimum atomic E-state index is -0.332. The summed E-state index contributed by atoms with van der Waals surface area (Å²) in [6, 6.07) is 12.5. The molecule has 0 aliphatic rings. The second kappa shape index (κ2) is 10.1. The lowest BCUT2D eigenvalue weighted by Crippen LogP contribution is -2.17. The number of hydrogen-bond donors (Lipinski definition) is 1. The van der Waals surface area contributed by atoms with Crippen molar-refractivity contribution in [3.63, 3.8) is 0 Å². The average Bonchev–Trinajstić information content (AvgIpc) is 2.67. The molecule has 0 saturated carbocycles. The van der Waals surface area contributed by atoms with Crippen molar-refractivity contribution in [1.82, 2.24) is 5.43 Å². The summed E-state index contributed by atoms with van der Waals surface area (Å²) in [6.45, 7) is 5.12. The zero-order valence-corrected chi connectivity index (χ0v) is 15.3. The van der Waals surface area contributed by atoms with Gasteiger partial charge < -0.3 is 14.2 Å². The van der Waals surface area contributed by atoms with Gasteiger partial charge in [-0.15, -0.1) is 0 Å². The Bertz CT molecular complexity index is 759. The number of amides is 1. The van der Waals surface area contributed by atoms with Crippen LogP contribution in [0, 0.1) is 0 Å². The molecule has 0 aliphatic heterocycles. The molecule has 0 aliphatic carbocycles. The molecule has 1 N–H and O–H groups in total. The smallest absolute Gasteiger partial charge is 0.271 e. The molecule has 138 valence electrons. The minimum absolute atomic E-state index is 0.332. The van der Waals surface area contributed by atoms with E-state index in [4.69, 9.17) is 14.2 Å². The van der Waals surface area contributed by atoms with Gasteiger partial charge in [-0.2, -0.15) is 5.10 Å². The molecule has 0 fully saturated rings. The molecule has 0 bridgehead atoms. The summed E-state index contributed by atoms with van der Waals surface area (Å²) in [7, 11) is 1.53. The van der Waals surface area contributed by atoms with Crippen molar-refractivity contribution in [2.75, 3.05) is 20.3 Å². The Balaban J connectivity index is 2.00. The fraction of sp³-hybridized carbons (Fsp3) is 0.300. The van der Waals surface area contributed by atoms with Gasteiger partial charge in [0.05, 0.1) is 26.5 Å². The summed E-state index contributed by atoms with van der Waals surface area (Å²) in [5.41, 5.74) is 3.78. The molecule has 0 unspecified atom stereocenters. The minimum Gasteiger partial charge on any atom is -0.494 e. The van der Waals surface area contributed by atoms with E-state index in [-0.39, 0.29) is 5.91 Å². The first-order chi connectivity index (χ1) is 12.7. The number of nitrogens with zero attached hydrogens (tertiary/aromatic N) is 1. The first-order valence-corrected chi connectivity index (χ1v) is 8.55. The first-order valence-electron chi connectivity index (χ1n) is 8.55. The van der Waals surface area contributed by atoms with Crippen LogP contribution >= 0.6 is 0 Å². The third-order valence-corrected chi connectivity index (χ3v) is 3.44. The van der Waals surface area contributed by atoms with E-state index < -0.39 is 0 Å². The van der Waals surface area contributed by atoms with E-state index >= 15 is 0 Å². The number of benzene rings is 2. The van der Waals surface area contributed by atoms with Gasteiger partial charge >= 0.3 is 0 Å². The molecule has 1 amide bonds. The van der Waals surface area contributed by atoms with E-state index in [1.165, 1.54) is 7.11 Å². The molecule has 0 aromatic heterocycles. The molecule has 2 aromatic carbocycles. The fourth-order valence-electron chi connectivity index (χ4n) is 2.22. The predicted octanol–water partition coefficient (Wildman–Crippen LogP) is 3.65. The molecule has 2 aromatic rings. The van der Waals surface area contributed by atoms with Crippen LogP contribution in [-0.2, 0) is 0 Å². The zero-order valence-electron chi connectivity index (χ0n) is 15.3. The van der Waals surface area contributed by atoms with Crippen molar-refractivity contribution in [1.29, 1.82) is 0 Å². The van der Waals surface area contributed by atoms with Gasteiger partial charge in [-0.05, 0) is 49.2 Å². The molecule has 2 rings (SSSR count). The molecule has 26 heavy (non-hydrogen) atoms. The lowest BCUT2D eigenvalue weighted by Gasteiger charge is -2.10. The van der Waals surface area contributed by atoms with E-state index in [1.54, 1.807) is 24.4 Å². The monoisotopic (exact) mass is 356 g/mol. The van der Waals surface area contributed by atoms with E-state index in [0.29, 0.717) is 30.3 Å². The van der Waals surface area contributed by atoms with Crippen LogP contribution in [0.4, 0.5) is 0 Å². The van der Waals surface area contributed by atoms with Crippen LogP contribution in [0.25, 0.3) is 0 Å². The van der Waals surface area contributed by atoms with Crippen LogP contribution in [0.5, 0.6) is 17.2 Å². The molecule has 6 heteroatoms. The molecule has 0 radical (unpaired) electrons. The van der Waals surface area contributed by atoms with Gasteiger partial charge in [-0.1, -0.05) is 19.1 Å². The zero-order chi connectivity index (χ0) is 18.8. The largest absolute Gasteiger partial charge is 0.494 e. The van der Waals surface area contributed by atoms with Crippen molar-refractivity contribution in [2.24, 2.45) is 5.10 Å². The molecular formula is C20H24N2O4. The molecule has 0 atom stereocenters. The highest BCUT2D eigenvalue weighted by atomic mass is 16.5. The van der Waals surface area contributed by atoms with Crippen molar-refractivity contribution < 1.29 is 19.0 Å². The Morgan fingerprint density at radius 1 is 1.12 bits per heavy atom. The van der Waals surface area contributed by atoms with Crippen LogP contribution in [0.1, 0.15) is 36.2 Å². The maximum Gasteiger partial charge on any atom is 0.271 e. The Labute approximate surface area is 153 Å². The van der Waals surface area contributed by atoms with Gasteiger partial charge in [0.15, 0.2) is 11.5 Å². The summed E-state index contributed by atoms with van der Waals surface area (Å²) >= 11 is 0. The van der Waals surface area contributed by atoms with Crippen molar-refractivity contribution in [3.05, 3.63) is 53.6 Å². The second-order valence-corrected chi connectivity index (χ2v) is 5.42. The first kappa shape index (κ1) is 19.3. The normalized spacial score (nSPS) is 10.6. The molecule has 0 spiro atoms. The predicted molar refractivity (Wildman–Crippen MR) is 101 cm³/mol. The topological polar surface area (TPSA) is 69.2 Å². The summed E-state index contributed by atoms with van der Waals surface area (Å²) in [6.07, 6.45) is 2.52. The second-order valence-electron chi connectivity index (χ2n) is 5.42. The van der Waals surface area contributed by atoms with Gasteiger partial charge in [-0.25, -0.2) is 5.43 Å². The Hall–Kier alpha value is -3.02. The van der Waals surface area contributed by atoms with E-state index in [1.807, 2.05) is 31.2 Å². The highest BCUT2D eigenvalue weighted by molar-refractivity contribution is 5.95. The number of rotatable bonds is 9. The Morgan fingerprint density at radius 3 is 2.69 bits per heavy atom. The van der Waals surface area contributed by atoms with E-state index in [9.17, 15) is 4.79 Å². The van der Waals surface area contributed by atoms with Gasteiger partial charge in [-0.3, -0.25) is 4.79 Å². The number of ether oxygens (including phenoxy) is 3. The Kier molecular flexibility index (Phi) is 7.49. The summed E-state index contributed by atoms with van der Waals surface area (Å²) in [5.74, 6) is 1.54. The SMILES string of the molecule is CCCOc1cccc(/C=N/NC(=O)c2ccc(OCC)c(OC)c2)c1. The maximum absolute atomic E-state index is 12.2. The third-order valence-electron chi connectivity index (χ3n) is 3.44. The van der Waals surface area contributed by atoms with E-state index in [0.717, 1.165) is 17.7 Å². The number of hydrazone groups is 1. The molecular weight excluding hydrogens is 332 g/mol. The number of hydrogen-bond acceptors (Lipinski definition) is 5. The molecule has 0 heterocycles. The number of carbonyl (C=O) groups excluding carboxylic acids is 1.